The van der Waals surface area contributed by atoms with Crippen LogP contribution in [0.4, 0.5) is 0 Å². The number of rotatable bonds is 6. The van der Waals surface area contributed by atoms with Crippen molar-refractivity contribution in [2.75, 3.05) is 0 Å². The number of benzene rings is 1. The summed E-state index contributed by atoms with van der Waals surface area (Å²) in [4.78, 5) is 0. The fourth-order valence-corrected chi connectivity index (χ4v) is 3.05. The van der Waals surface area contributed by atoms with E-state index in [0.717, 1.165) is 29.6 Å². The molecule has 1 aromatic carbocycles. The Morgan fingerprint density at radius 1 is 0.708 bits per heavy atom. The molecule has 1 aliphatic rings. The fraction of sp³-hybridized carbons (Fsp3) is 0.750. The van der Waals surface area contributed by atoms with Crippen LogP contribution in [0.3, 0.4) is 0 Å². The van der Waals surface area contributed by atoms with E-state index >= 15 is 0 Å². The molecule has 0 unspecified atom stereocenters. The molecule has 0 nitrogen and oxygen atoms in total. The van der Waals surface area contributed by atoms with Crippen LogP contribution in [-0.2, 0) is 6.42 Å². The molecule has 0 N–H and O–H groups in total. The van der Waals surface area contributed by atoms with Crippen molar-refractivity contribution in [2.24, 2.45) is 29.6 Å². The van der Waals surface area contributed by atoms with Crippen LogP contribution in [0, 0.1) is 29.6 Å². The maximum Gasteiger partial charge on any atom is -0.0256 e. The molecule has 0 heteroatoms. The first kappa shape index (κ1) is 23.2. The monoisotopic (exact) mass is 332 g/mol. The largest absolute Gasteiger partial charge is 0.0628 e. The molecule has 0 spiro atoms. The zero-order valence-electron chi connectivity index (χ0n) is 17.8. The Balaban J connectivity index is 0.000000340. The molecule has 24 heavy (non-hydrogen) atoms. The number of hydrogen-bond donors (Lipinski definition) is 0. The van der Waals surface area contributed by atoms with E-state index in [0.29, 0.717) is 0 Å². The van der Waals surface area contributed by atoms with Crippen molar-refractivity contribution in [1.29, 1.82) is 0 Å². The van der Waals surface area contributed by atoms with Gasteiger partial charge in [0.05, 0.1) is 0 Å². The summed E-state index contributed by atoms with van der Waals surface area (Å²) in [6.07, 6.45) is 7.05. The molecule has 1 aliphatic carbocycles. The van der Waals surface area contributed by atoms with E-state index in [1.807, 2.05) is 0 Å². The summed E-state index contributed by atoms with van der Waals surface area (Å²) in [7, 11) is 0. The van der Waals surface area contributed by atoms with Gasteiger partial charge in [0.15, 0.2) is 0 Å². The predicted molar refractivity (Wildman–Crippen MR) is 111 cm³/mol. The molecule has 1 fully saturated rings. The van der Waals surface area contributed by atoms with Crippen LogP contribution in [0.1, 0.15) is 86.6 Å². The highest BCUT2D eigenvalue weighted by atomic mass is 14.3. The SMILES string of the molecule is CC(C)CC(C)C.CC(C)CC1CC1.CC(C)Cc1ccccc1. The van der Waals surface area contributed by atoms with Gasteiger partial charge in [-0.05, 0) is 54.4 Å². The van der Waals surface area contributed by atoms with E-state index in [9.17, 15) is 0 Å². The third kappa shape index (κ3) is 17.6. The van der Waals surface area contributed by atoms with Crippen molar-refractivity contribution < 1.29 is 0 Å². The minimum Gasteiger partial charge on any atom is -0.0628 e. The zero-order chi connectivity index (χ0) is 18.5. The third-order valence-electron chi connectivity index (χ3n) is 3.93. The van der Waals surface area contributed by atoms with Crippen LogP contribution in [0.25, 0.3) is 0 Å². The molecular formula is C24H44. The molecule has 0 aromatic heterocycles. The van der Waals surface area contributed by atoms with Crippen LogP contribution >= 0.6 is 0 Å². The van der Waals surface area contributed by atoms with E-state index in [-0.39, 0.29) is 0 Å². The Hall–Kier alpha value is -0.780. The first-order valence-electron chi connectivity index (χ1n) is 10.2. The van der Waals surface area contributed by atoms with Crippen molar-refractivity contribution >= 4 is 0 Å². The van der Waals surface area contributed by atoms with Gasteiger partial charge in [-0.25, -0.2) is 0 Å². The topological polar surface area (TPSA) is 0 Å². The summed E-state index contributed by atoms with van der Waals surface area (Å²) in [5.41, 5.74) is 1.44. The smallest absolute Gasteiger partial charge is 0.0256 e. The van der Waals surface area contributed by atoms with Gasteiger partial charge >= 0.3 is 0 Å². The molecular weight excluding hydrogens is 288 g/mol. The van der Waals surface area contributed by atoms with Gasteiger partial charge in [-0.3, -0.25) is 0 Å². The van der Waals surface area contributed by atoms with Crippen molar-refractivity contribution in [2.45, 2.75) is 87.5 Å². The molecule has 0 aliphatic heterocycles. The van der Waals surface area contributed by atoms with Crippen molar-refractivity contribution in [3.63, 3.8) is 0 Å². The maximum absolute atomic E-state index is 2.30. The maximum atomic E-state index is 2.30. The standard InChI is InChI=1S/C10H14.C7H14.C7H16/c1-9(2)8-10-6-4-3-5-7-10;1-6(2)5-7-3-4-7;1-6(2)5-7(3)4/h3-7,9H,8H2,1-2H3;6-7H,3-5H2,1-2H3;6-7H,5H2,1-4H3. The third-order valence-corrected chi connectivity index (χ3v) is 3.93. The Morgan fingerprint density at radius 3 is 1.46 bits per heavy atom. The quantitative estimate of drug-likeness (QED) is 0.494. The van der Waals surface area contributed by atoms with Crippen LogP contribution in [0.5, 0.6) is 0 Å². The van der Waals surface area contributed by atoms with Crippen molar-refractivity contribution in [1.82, 2.24) is 0 Å². The Bertz CT molecular complexity index is 352. The van der Waals surface area contributed by atoms with Gasteiger partial charge in [-0.2, -0.15) is 0 Å². The minimum absolute atomic E-state index is 0.766. The normalized spacial score (nSPS) is 13.7. The Labute approximate surface area is 153 Å². The van der Waals surface area contributed by atoms with Crippen LogP contribution in [0.2, 0.25) is 0 Å². The molecule has 0 heterocycles. The zero-order valence-corrected chi connectivity index (χ0v) is 17.8. The second-order valence-electron chi connectivity index (χ2n) is 9.18. The first-order valence-corrected chi connectivity index (χ1v) is 10.2. The molecule has 0 saturated heterocycles. The summed E-state index contributed by atoms with van der Waals surface area (Å²) in [6, 6.07) is 10.6. The fourth-order valence-electron chi connectivity index (χ4n) is 3.05. The highest BCUT2D eigenvalue weighted by molar-refractivity contribution is 5.14. The van der Waals surface area contributed by atoms with Crippen LogP contribution in [-0.4, -0.2) is 0 Å². The lowest BCUT2D eigenvalue weighted by atomic mass is 10.0. The van der Waals surface area contributed by atoms with E-state index in [4.69, 9.17) is 0 Å². The number of hydrogen-bond acceptors (Lipinski definition) is 0. The second-order valence-corrected chi connectivity index (χ2v) is 9.18. The Morgan fingerprint density at radius 2 is 1.21 bits per heavy atom. The van der Waals surface area contributed by atoms with Gasteiger partial charge in [-0.1, -0.05) is 98.6 Å². The van der Waals surface area contributed by atoms with Crippen molar-refractivity contribution in [3.8, 4) is 0 Å². The average molecular weight is 333 g/mol. The van der Waals surface area contributed by atoms with Crippen LogP contribution < -0.4 is 0 Å². The summed E-state index contributed by atoms with van der Waals surface area (Å²) < 4.78 is 0. The summed E-state index contributed by atoms with van der Waals surface area (Å²) in [5, 5.41) is 0. The molecule has 0 radical (unpaired) electrons. The van der Waals surface area contributed by atoms with Crippen molar-refractivity contribution in [3.05, 3.63) is 35.9 Å². The lowest BCUT2D eigenvalue weighted by Gasteiger charge is -2.05. The van der Waals surface area contributed by atoms with Gasteiger partial charge in [0, 0.05) is 0 Å². The van der Waals surface area contributed by atoms with E-state index in [2.05, 4.69) is 85.7 Å². The molecule has 2 rings (SSSR count). The molecule has 1 saturated carbocycles. The highest BCUT2D eigenvalue weighted by Gasteiger charge is 2.21. The second kappa shape index (κ2) is 13.5. The molecule has 0 atom stereocenters. The van der Waals surface area contributed by atoms with Crippen LogP contribution in [0.15, 0.2) is 30.3 Å². The van der Waals surface area contributed by atoms with Gasteiger partial charge in [0.2, 0.25) is 0 Å². The first-order chi connectivity index (χ1) is 11.2. The molecule has 0 bridgehead atoms. The van der Waals surface area contributed by atoms with Gasteiger partial charge in [0.25, 0.3) is 0 Å². The van der Waals surface area contributed by atoms with Gasteiger partial charge < -0.3 is 0 Å². The predicted octanol–water partition coefficient (Wildman–Crippen LogP) is 8.02. The Kier molecular flexibility index (Phi) is 13.1. The van der Waals surface area contributed by atoms with Gasteiger partial charge in [-0.15, -0.1) is 0 Å². The van der Waals surface area contributed by atoms with E-state index < -0.39 is 0 Å². The molecule has 0 amide bonds. The average Bonchev–Trinajstić information content (AvgIpc) is 3.22. The summed E-state index contributed by atoms with van der Waals surface area (Å²) in [5.74, 6) is 4.58. The summed E-state index contributed by atoms with van der Waals surface area (Å²) in [6.45, 7) is 18.1. The van der Waals surface area contributed by atoms with E-state index in [1.165, 1.54) is 37.7 Å². The molecule has 140 valence electrons. The molecule has 1 aromatic rings. The summed E-state index contributed by atoms with van der Waals surface area (Å²) >= 11 is 0. The van der Waals surface area contributed by atoms with E-state index in [1.54, 1.807) is 0 Å². The lowest BCUT2D eigenvalue weighted by molar-refractivity contribution is 0.469. The minimum atomic E-state index is 0.766. The highest BCUT2D eigenvalue weighted by Crippen LogP contribution is 2.34. The lowest BCUT2D eigenvalue weighted by Crippen LogP contribution is -1.93. The van der Waals surface area contributed by atoms with Gasteiger partial charge in [0.1, 0.15) is 0 Å².